The zero-order valence-corrected chi connectivity index (χ0v) is 24.8. The molecule has 2 atom stereocenters. The second-order valence-electron chi connectivity index (χ2n) is 11.7. The van der Waals surface area contributed by atoms with Crippen molar-refractivity contribution in [2.24, 2.45) is 5.41 Å². The highest BCUT2D eigenvalue weighted by Crippen LogP contribution is 2.67. The Bertz CT molecular complexity index is 2010. The summed E-state index contributed by atoms with van der Waals surface area (Å²) in [7, 11) is 1.81. The Morgan fingerprint density at radius 2 is 1.51 bits per heavy atom. The molecule has 0 N–H and O–H groups in total. The van der Waals surface area contributed by atoms with Gasteiger partial charge in [-0.05, 0) is 55.1 Å². The molecule has 10 heteroatoms. The Kier molecular flexibility index (Phi) is 5.97. The number of benzene rings is 4. The first kappa shape index (κ1) is 27.6. The zero-order chi connectivity index (χ0) is 31.1. The molecular weight excluding hydrogens is 593 g/mol. The van der Waals surface area contributed by atoms with Crippen LogP contribution in [0.25, 0.3) is 5.69 Å². The van der Waals surface area contributed by atoms with Gasteiger partial charge in [0.1, 0.15) is 22.5 Å². The van der Waals surface area contributed by atoms with Gasteiger partial charge in [0.05, 0.1) is 18.4 Å². The Labute approximate surface area is 262 Å². The quantitative estimate of drug-likeness (QED) is 0.244. The summed E-state index contributed by atoms with van der Waals surface area (Å²) in [5.41, 5.74) is 0.275. The highest BCUT2D eigenvalue weighted by molar-refractivity contribution is 6.34. The highest BCUT2D eigenvalue weighted by atomic mass is 35.5. The average molecular weight is 618 g/mol. The zero-order valence-electron chi connectivity index (χ0n) is 24.0. The number of halogens is 2. The van der Waals surface area contributed by atoms with Gasteiger partial charge in [0.25, 0.3) is 5.91 Å². The Balaban J connectivity index is 1.31. The third kappa shape index (κ3) is 3.53. The molecule has 8 nitrogen and oxygen atoms in total. The van der Waals surface area contributed by atoms with Crippen molar-refractivity contribution in [1.29, 1.82) is 0 Å². The summed E-state index contributed by atoms with van der Waals surface area (Å²) in [6, 6.07) is 27.2. The van der Waals surface area contributed by atoms with Crippen molar-refractivity contribution >= 4 is 34.8 Å². The van der Waals surface area contributed by atoms with Crippen LogP contribution in [-0.2, 0) is 16.9 Å². The molecule has 3 heterocycles. The fourth-order valence-electron chi connectivity index (χ4n) is 7.80. The molecule has 4 aromatic carbocycles. The Hall–Kier alpha value is -4.99. The van der Waals surface area contributed by atoms with Crippen LogP contribution in [0.2, 0.25) is 5.02 Å². The van der Waals surface area contributed by atoms with E-state index in [2.05, 4.69) is 10.3 Å². The van der Waals surface area contributed by atoms with E-state index in [1.807, 2.05) is 48.3 Å². The number of fused-ring (bicyclic) bond motifs is 4. The van der Waals surface area contributed by atoms with E-state index in [0.717, 1.165) is 5.56 Å². The van der Waals surface area contributed by atoms with Crippen LogP contribution in [0.15, 0.2) is 103 Å². The second-order valence-corrected chi connectivity index (χ2v) is 12.2. The maximum Gasteiger partial charge on any atom is 0.254 e. The van der Waals surface area contributed by atoms with Gasteiger partial charge in [-0.3, -0.25) is 19.3 Å². The van der Waals surface area contributed by atoms with Gasteiger partial charge in [-0.2, -0.15) is 0 Å². The summed E-state index contributed by atoms with van der Waals surface area (Å²) in [6.07, 6.45) is 1.68. The van der Waals surface area contributed by atoms with Crippen LogP contribution < -0.4 is 4.90 Å². The minimum absolute atomic E-state index is 0.0453. The number of aromatic nitrogens is 3. The van der Waals surface area contributed by atoms with Crippen LogP contribution in [0.5, 0.6) is 0 Å². The number of hydrogen-bond donors (Lipinski definition) is 0. The summed E-state index contributed by atoms with van der Waals surface area (Å²) >= 11 is 6.25. The summed E-state index contributed by atoms with van der Waals surface area (Å²) in [4.78, 5) is 48.5. The van der Waals surface area contributed by atoms with Crippen molar-refractivity contribution in [2.45, 2.75) is 18.0 Å². The molecule has 2 spiro atoms. The standard InChI is InChI=1S/C35H25ClFN5O3/c1-40-20-29(21-10-12-22(36)13-11-21)34(31(43)26-6-2-3-7-27(26)32(34)44)35(40)28-8-4-5-9-30(28)41(33(35)45)18-24-19-42(39-38-24)25-16-14-23(37)15-17-25/h2-17,19,29H,18,20H2,1H3/t29-,35-/m1/s1. The van der Waals surface area contributed by atoms with E-state index in [1.165, 1.54) is 16.8 Å². The van der Waals surface area contributed by atoms with Crippen LogP contribution in [0.4, 0.5) is 10.1 Å². The monoisotopic (exact) mass is 617 g/mol. The molecule has 1 fully saturated rings. The molecule has 0 saturated carbocycles. The number of likely N-dealkylation sites (tertiary alicyclic amines) is 1. The topological polar surface area (TPSA) is 88.4 Å². The summed E-state index contributed by atoms with van der Waals surface area (Å²) in [5, 5.41) is 9.04. The van der Waals surface area contributed by atoms with Crippen LogP contribution in [-0.4, -0.2) is 51.0 Å². The number of Topliss-reactive ketones (excluding diaryl/α,β-unsaturated/α-hetero) is 2. The van der Waals surface area contributed by atoms with Gasteiger partial charge in [0, 0.05) is 39.9 Å². The van der Waals surface area contributed by atoms with Gasteiger partial charge in [-0.1, -0.05) is 71.4 Å². The SMILES string of the molecule is CN1C[C@H](c2ccc(Cl)cc2)C2(C(=O)c3ccccc3C2=O)[C@@]12C(=O)N(Cc1cn(-c3ccc(F)cc3)nn1)c1ccccc12. The maximum atomic E-state index is 15.2. The van der Waals surface area contributed by atoms with Crippen LogP contribution >= 0.6 is 11.6 Å². The largest absolute Gasteiger partial charge is 0.304 e. The van der Waals surface area contributed by atoms with Gasteiger partial charge in [-0.15, -0.1) is 5.10 Å². The van der Waals surface area contributed by atoms with Gasteiger partial charge in [0.2, 0.25) is 0 Å². The average Bonchev–Trinajstić information content (AvgIpc) is 3.76. The lowest BCUT2D eigenvalue weighted by Crippen LogP contribution is -2.61. The highest BCUT2D eigenvalue weighted by Gasteiger charge is 2.79. The van der Waals surface area contributed by atoms with E-state index < -0.39 is 16.9 Å². The molecule has 0 unspecified atom stereocenters. The summed E-state index contributed by atoms with van der Waals surface area (Å²) in [5.74, 6) is -2.11. The molecular formula is C35H25ClFN5O3. The predicted molar refractivity (Wildman–Crippen MR) is 165 cm³/mol. The van der Waals surface area contributed by atoms with Crippen molar-refractivity contribution in [3.63, 3.8) is 0 Å². The molecule has 0 bridgehead atoms. The minimum Gasteiger partial charge on any atom is -0.304 e. The molecule has 1 aliphatic carbocycles. The molecule has 5 aromatic rings. The number of anilines is 1. The summed E-state index contributed by atoms with van der Waals surface area (Å²) in [6.45, 7) is 0.325. The number of carbonyl (C=O) groups excluding carboxylic acids is 3. The lowest BCUT2D eigenvalue weighted by molar-refractivity contribution is -0.131. The molecule has 1 amide bonds. The number of ketones is 2. The summed E-state index contributed by atoms with van der Waals surface area (Å²) < 4.78 is 15.0. The molecule has 1 aromatic heterocycles. The van der Waals surface area contributed by atoms with Crippen molar-refractivity contribution in [2.75, 3.05) is 18.5 Å². The fraction of sp³-hybridized carbons (Fsp3) is 0.171. The molecule has 3 aliphatic rings. The molecule has 0 radical (unpaired) electrons. The van der Waals surface area contributed by atoms with E-state index in [-0.39, 0.29) is 36.4 Å². The van der Waals surface area contributed by atoms with E-state index in [0.29, 0.717) is 38.8 Å². The number of rotatable bonds is 4. The molecule has 1 saturated heterocycles. The van der Waals surface area contributed by atoms with Gasteiger partial charge in [-0.25, -0.2) is 9.07 Å². The van der Waals surface area contributed by atoms with Crippen molar-refractivity contribution < 1.29 is 18.8 Å². The predicted octanol–water partition coefficient (Wildman–Crippen LogP) is 5.60. The van der Waals surface area contributed by atoms with Crippen LogP contribution in [0.3, 0.4) is 0 Å². The number of amides is 1. The number of likely N-dealkylation sites (N-methyl/N-ethyl adjacent to an activating group) is 1. The van der Waals surface area contributed by atoms with E-state index >= 15 is 4.79 Å². The van der Waals surface area contributed by atoms with Gasteiger partial charge < -0.3 is 4.90 Å². The lowest BCUT2D eigenvalue weighted by Gasteiger charge is -2.42. The van der Waals surface area contributed by atoms with Crippen LogP contribution in [0.1, 0.15) is 43.5 Å². The van der Waals surface area contributed by atoms with Crippen molar-refractivity contribution in [3.05, 3.63) is 142 Å². The van der Waals surface area contributed by atoms with E-state index in [1.54, 1.807) is 59.6 Å². The van der Waals surface area contributed by atoms with Crippen molar-refractivity contribution in [1.82, 2.24) is 19.9 Å². The first-order valence-electron chi connectivity index (χ1n) is 14.5. The van der Waals surface area contributed by atoms with Gasteiger partial charge in [0.15, 0.2) is 11.6 Å². The maximum absolute atomic E-state index is 15.2. The number of hydrogen-bond acceptors (Lipinski definition) is 6. The lowest BCUT2D eigenvalue weighted by atomic mass is 9.58. The molecule has 222 valence electrons. The van der Waals surface area contributed by atoms with Gasteiger partial charge >= 0.3 is 0 Å². The van der Waals surface area contributed by atoms with E-state index in [9.17, 15) is 14.0 Å². The number of para-hydroxylation sites is 1. The van der Waals surface area contributed by atoms with E-state index in [4.69, 9.17) is 11.6 Å². The minimum atomic E-state index is -1.77. The second kappa shape index (κ2) is 9.76. The number of nitrogens with zero attached hydrogens (tertiary/aromatic N) is 5. The smallest absolute Gasteiger partial charge is 0.254 e. The van der Waals surface area contributed by atoms with Crippen LogP contribution in [0, 0.1) is 11.2 Å². The third-order valence-corrected chi connectivity index (χ3v) is 9.87. The first-order valence-corrected chi connectivity index (χ1v) is 14.9. The van der Waals surface area contributed by atoms with Crippen molar-refractivity contribution in [3.8, 4) is 5.69 Å². The third-order valence-electron chi connectivity index (χ3n) is 9.62. The molecule has 2 aliphatic heterocycles. The Morgan fingerprint density at radius 3 is 2.20 bits per heavy atom. The first-order chi connectivity index (χ1) is 21.8. The normalized spacial score (nSPS) is 21.7. The fourth-order valence-corrected chi connectivity index (χ4v) is 7.92. The number of carbonyl (C=O) groups is 3. The molecule has 45 heavy (non-hydrogen) atoms. The Morgan fingerprint density at radius 1 is 0.867 bits per heavy atom. The molecule has 8 rings (SSSR count).